The summed E-state index contributed by atoms with van der Waals surface area (Å²) >= 11 is 3.24. The van der Waals surface area contributed by atoms with E-state index < -0.39 is 0 Å². The molecule has 1 aromatic carbocycles. The molecule has 5 heteroatoms. The van der Waals surface area contributed by atoms with E-state index in [1.54, 1.807) is 11.8 Å². The zero-order chi connectivity index (χ0) is 13.9. The average Bonchev–Trinajstić information content (AvgIpc) is 3.17. The molecule has 0 saturated heterocycles. The van der Waals surface area contributed by atoms with Crippen molar-refractivity contribution < 1.29 is 0 Å². The lowest BCUT2D eigenvalue weighted by atomic mass is 10.1. The highest BCUT2D eigenvalue weighted by Crippen LogP contribution is 2.32. The van der Waals surface area contributed by atoms with Gasteiger partial charge in [-0.15, -0.1) is 0 Å². The third-order valence-electron chi connectivity index (χ3n) is 3.34. The third kappa shape index (κ3) is 3.59. The number of nitrogens with one attached hydrogen (secondary N) is 1. The van der Waals surface area contributed by atoms with Crippen molar-refractivity contribution in [2.75, 3.05) is 0 Å². The highest BCUT2D eigenvalue weighted by molar-refractivity contribution is 8.01. The van der Waals surface area contributed by atoms with Crippen LogP contribution in [0.15, 0.2) is 27.4 Å². The number of hydrogen-bond donors (Lipinski definition) is 1. The minimum atomic E-state index is 0.738. The van der Waals surface area contributed by atoms with Gasteiger partial charge in [0.25, 0.3) is 0 Å². The average molecular weight is 305 g/mol. The van der Waals surface area contributed by atoms with Gasteiger partial charge in [0.05, 0.1) is 0 Å². The second-order valence-corrected chi connectivity index (χ2v) is 7.24. The predicted octanol–water partition coefficient (Wildman–Crippen LogP) is 3.81. The van der Waals surface area contributed by atoms with Crippen LogP contribution in [0.4, 0.5) is 0 Å². The van der Waals surface area contributed by atoms with Gasteiger partial charge in [-0.1, -0.05) is 36.4 Å². The molecule has 0 bridgehead atoms. The van der Waals surface area contributed by atoms with Gasteiger partial charge in [-0.05, 0) is 42.9 Å². The lowest BCUT2D eigenvalue weighted by Gasteiger charge is -2.09. The van der Waals surface area contributed by atoms with Crippen molar-refractivity contribution in [3.05, 3.63) is 35.2 Å². The van der Waals surface area contributed by atoms with Gasteiger partial charge in [0.15, 0.2) is 4.34 Å². The van der Waals surface area contributed by atoms with E-state index in [9.17, 15) is 0 Å². The lowest BCUT2D eigenvalue weighted by molar-refractivity contribution is 0.680. The van der Waals surface area contributed by atoms with E-state index in [-0.39, 0.29) is 0 Å². The molecule has 1 saturated carbocycles. The molecule has 0 spiro atoms. The van der Waals surface area contributed by atoms with Crippen LogP contribution in [0.2, 0.25) is 0 Å². The molecule has 1 aliphatic rings. The van der Waals surface area contributed by atoms with E-state index in [0.717, 1.165) is 29.2 Å². The summed E-state index contributed by atoms with van der Waals surface area (Å²) in [5, 5.41) is 3.60. The maximum atomic E-state index is 4.55. The fourth-order valence-corrected chi connectivity index (χ4v) is 3.77. The summed E-state index contributed by atoms with van der Waals surface area (Å²) in [6, 6.07) is 7.39. The fourth-order valence-electron chi connectivity index (χ4n) is 2.00. The minimum Gasteiger partial charge on any atom is -0.310 e. The van der Waals surface area contributed by atoms with Gasteiger partial charge in [0, 0.05) is 23.9 Å². The molecule has 3 nitrogen and oxygen atoms in total. The van der Waals surface area contributed by atoms with Gasteiger partial charge in [0.2, 0.25) is 0 Å². The van der Waals surface area contributed by atoms with E-state index in [0.29, 0.717) is 0 Å². The monoisotopic (exact) mass is 305 g/mol. The van der Waals surface area contributed by atoms with Gasteiger partial charge in [-0.3, -0.25) is 0 Å². The SMILES string of the molecule is CCc1nsc(Sc2ccc(C)cc2CNC2CC2)n1. The van der Waals surface area contributed by atoms with Crippen LogP contribution >= 0.6 is 23.3 Å². The van der Waals surface area contributed by atoms with Crippen LogP contribution in [0, 0.1) is 6.92 Å². The van der Waals surface area contributed by atoms with E-state index in [2.05, 4.69) is 46.7 Å². The highest BCUT2D eigenvalue weighted by Gasteiger charge is 2.20. The Morgan fingerprint density at radius 1 is 1.40 bits per heavy atom. The first-order valence-electron chi connectivity index (χ1n) is 7.08. The summed E-state index contributed by atoms with van der Waals surface area (Å²) < 4.78 is 5.40. The van der Waals surface area contributed by atoms with Gasteiger partial charge in [-0.2, -0.15) is 4.37 Å². The summed E-state index contributed by atoms with van der Waals surface area (Å²) in [6.07, 6.45) is 3.55. The molecular weight excluding hydrogens is 286 g/mol. The molecule has 3 rings (SSSR count). The van der Waals surface area contributed by atoms with Crippen molar-refractivity contribution in [1.29, 1.82) is 0 Å². The summed E-state index contributed by atoms with van der Waals surface area (Å²) in [7, 11) is 0. The van der Waals surface area contributed by atoms with Crippen molar-refractivity contribution >= 4 is 23.3 Å². The zero-order valence-corrected chi connectivity index (χ0v) is 13.5. The summed E-state index contributed by atoms with van der Waals surface area (Å²) in [4.78, 5) is 5.84. The normalized spacial score (nSPS) is 14.7. The van der Waals surface area contributed by atoms with Crippen LogP contribution < -0.4 is 5.32 Å². The first kappa shape index (κ1) is 14.0. The molecule has 2 aromatic rings. The number of aromatic nitrogens is 2. The molecule has 0 aliphatic heterocycles. The van der Waals surface area contributed by atoms with Gasteiger partial charge in [0.1, 0.15) is 5.82 Å². The molecule has 1 aromatic heterocycles. The third-order valence-corrected chi connectivity index (χ3v) is 5.24. The Balaban J connectivity index is 1.75. The van der Waals surface area contributed by atoms with Crippen LogP contribution in [0.25, 0.3) is 0 Å². The Morgan fingerprint density at radius 2 is 2.25 bits per heavy atom. The van der Waals surface area contributed by atoms with Crippen LogP contribution in [0.1, 0.15) is 36.7 Å². The number of hydrogen-bond acceptors (Lipinski definition) is 5. The van der Waals surface area contributed by atoms with Crippen LogP contribution in [0.5, 0.6) is 0 Å². The van der Waals surface area contributed by atoms with E-state index in [4.69, 9.17) is 0 Å². The molecule has 1 aliphatic carbocycles. The Morgan fingerprint density at radius 3 is 2.95 bits per heavy atom. The largest absolute Gasteiger partial charge is 0.310 e. The summed E-state index contributed by atoms with van der Waals surface area (Å²) in [6.45, 7) is 5.19. The maximum Gasteiger partial charge on any atom is 0.174 e. The van der Waals surface area contributed by atoms with Crippen molar-refractivity contribution in [3.63, 3.8) is 0 Å². The molecule has 1 N–H and O–H groups in total. The van der Waals surface area contributed by atoms with E-state index >= 15 is 0 Å². The number of rotatable bonds is 6. The molecule has 20 heavy (non-hydrogen) atoms. The van der Waals surface area contributed by atoms with E-state index in [1.807, 2.05) is 0 Å². The fraction of sp³-hybridized carbons (Fsp3) is 0.467. The lowest BCUT2D eigenvalue weighted by Crippen LogP contribution is -2.15. The molecule has 0 amide bonds. The summed E-state index contributed by atoms with van der Waals surface area (Å²) in [5.41, 5.74) is 2.68. The van der Waals surface area contributed by atoms with Crippen LogP contribution in [0.3, 0.4) is 0 Å². The number of aryl methyl sites for hydroxylation is 2. The van der Waals surface area contributed by atoms with Gasteiger partial charge in [-0.25, -0.2) is 4.98 Å². The van der Waals surface area contributed by atoms with Crippen molar-refractivity contribution in [1.82, 2.24) is 14.7 Å². The topological polar surface area (TPSA) is 37.8 Å². The van der Waals surface area contributed by atoms with Gasteiger partial charge >= 0.3 is 0 Å². The van der Waals surface area contributed by atoms with Crippen LogP contribution in [-0.4, -0.2) is 15.4 Å². The quantitative estimate of drug-likeness (QED) is 0.880. The second kappa shape index (κ2) is 6.24. The molecule has 0 radical (unpaired) electrons. The molecular formula is C15H19N3S2. The maximum absolute atomic E-state index is 4.55. The molecule has 106 valence electrons. The number of nitrogens with zero attached hydrogens (tertiary/aromatic N) is 2. The van der Waals surface area contributed by atoms with Gasteiger partial charge < -0.3 is 5.32 Å². The van der Waals surface area contributed by atoms with Crippen LogP contribution in [-0.2, 0) is 13.0 Å². The molecule has 1 fully saturated rings. The molecule has 0 unspecified atom stereocenters. The highest BCUT2D eigenvalue weighted by atomic mass is 32.2. The first-order chi connectivity index (χ1) is 9.74. The first-order valence-corrected chi connectivity index (χ1v) is 8.67. The number of benzene rings is 1. The molecule has 1 heterocycles. The summed E-state index contributed by atoms with van der Waals surface area (Å²) in [5.74, 6) is 0.947. The van der Waals surface area contributed by atoms with E-state index in [1.165, 1.54) is 40.4 Å². The smallest absolute Gasteiger partial charge is 0.174 e. The zero-order valence-electron chi connectivity index (χ0n) is 11.8. The Labute approximate surface area is 128 Å². The Kier molecular flexibility index (Phi) is 4.38. The Bertz CT molecular complexity index is 591. The standard InChI is InChI=1S/C15H19N3S2/c1-3-14-17-15(20-18-14)19-13-7-4-10(2)8-11(13)9-16-12-5-6-12/h4,7-8,12,16H,3,5-6,9H2,1-2H3. The minimum absolute atomic E-state index is 0.738. The van der Waals surface area contributed by atoms with Crippen molar-refractivity contribution in [3.8, 4) is 0 Å². The van der Waals surface area contributed by atoms with Crippen molar-refractivity contribution in [2.24, 2.45) is 0 Å². The Hall–Kier alpha value is -0.910. The predicted molar refractivity (Wildman–Crippen MR) is 84.5 cm³/mol. The molecule has 0 atom stereocenters. The van der Waals surface area contributed by atoms with Crippen molar-refractivity contribution in [2.45, 2.75) is 54.9 Å². The second-order valence-electron chi connectivity index (χ2n) is 5.20.